The summed E-state index contributed by atoms with van der Waals surface area (Å²) in [6, 6.07) is 3.38. The number of carbonyl (C=O) groups is 2. The van der Waals surface area contributed by atoms with Gasteiger partial charge in [-0.25, -0.2) is 46.9 Å². The minimum atomic E-state index is -4.75. The van der Waals surface area contributed by atoms with Crippen molar-refractivity contribution >= 4 is 34.6 Å². The number of hydrogen-bond acceptors (Lipinski definition) is 7. The first-order chi connectivity index (χ1) is 20.9. The van der Waals surface area contributed by atoms with Crippen LogP contribution in [-0.2, 0) is 24.1 Å². The normalized spacial score (nSPS) is 17.1. The summed E-state index contributed by atoms with van der Waals surface area (Å²) in [6.07, 6.45) is -3.94. The van der Waals surface area contributed by atoms with Crippen molar-refractivity contribution < 1.29 is 40.3 Å². The maximum absolute atomic E-state index is 14.0. The number of pyridine rings is 1. The van der Waals surface area contributed by atoms with Crippen LogP contribution in [0.5, 0.6) is 0 Å². The molecule has 2 aliphatic heterocycles. The molecule has 0 saturated carbocycles. The lowest BCUT2D eigenvalue weighted by Crippen LogP contribution is -2.56. The Kier molecular flexibility index (Phi) is 7.12. The van der Waals surface area contributed by atoms with Crippen molar-refractivity contribution in [3.8, 4) is 0 Å². The second-order valence-electron chi connectivity index (χ2n) is 10.4. The second kappa shape index (κ2) is 10.7. The Labute approximate surface area is 243 Å². The Morgan fingerprint density at radius 3 is 2.25 bits per heavy atom. The van der Waals surface area contributed by atoms with E-state index < -0.39 is 54.0 Å². The summed E-state index contributed by atoms with van der Waals surface area (Å²) in [5, 5.41) is 3.89. The van der Waals surface area contributed by atoms with Gasteiger partial charge in [-0.1, -0.05) is 0 Å². The van der Waals surface area contributed by atoms with Crippen LogP contribution in [0.15, 0.2) is 48.9 Å². The fourth-order valence-corrected chi connectivity index (χ4v) is 5.58. The summed E-state index contributed by atoms with van der Waals surface area (Å²) < 4.78 is 94.4. The van der Waals surface area contributed by atoms with Gasteiger partial charge in [-0.2, -0.15) is 18.3 Å². The van der Waals surface area contributed by atoms with E-state index in [1.165, 1.54) is 12.4 Å². The number of piperidine rings is 1. The fourth-order valence-electron chi connectivity index (χ4n) is 5.58. The number of alkyl halides is 5. The van der Waals surface area contributed by atoms with Crippen LogP contribution in [0, 0.1) is 11.6 Å². The topological polar surface area (TPSA) is 100 Å². The number of anilines is 2. The van der Waals surface area contributed by atoms with Crippen molar-refractivity contribution in [3.63, 3.8) is 0 Å². The first-order valence-corrected chi connectivity index (χ1v) is 13.2. The number of rotatable bonds is 6. The first-order valence-electron chi connectivity index (χ1n) is 13.2. The molecule has 10 nitrogen and oxygen atoms in total. The number of fused-ring (bicyclic) bond motifs is 1. The van der Waals surface area contributed by atoms with E-state index in [0.29, 0.717) is 28.4 Å². The van der Waals surface area contributed by atoms with E-state index in [2.05, 4.69) is 20.1 Å². The van der Waals surface area contributed by atoms with E-state index in [-0.39, 0.29) is 49.4 Å². The molecule has 6 rings (SSSR count). The molecule has 0 N–H and O–H groups in total. The number of urea groups is 1. The minimum Gasteiger partial charge on any atom is -0.355 e. The van der Waals surface area contributed by atoms with Gasteiger partial charge in [-0.05, 0) is 42.7 Å². The monoisotopic (exact) mass is 622 g/mol. The Bertz CT molecular complexity index is 1720. The third-order valence-corrected chi connectivity index (χ3v) is 7.66. The molecule has 17 heteroatoms. The van der Waals surface area contributed by atoms with E-state index in [1.807, 2.05) is 0 Å². The molecule has 0 radical (unpaired) electrons. The summed E-state index contributed by atoms with van der Waals surface area (Å²) in [4.78, 5) is 43.3. The number of carbonyl (C=O) groups excluding carboxylic acids is 2. The molecule has 4 aromatic rings. The van der Waals surface area contributed by atoms with Gasteiger partial charge < -0.3 is 9.80 Å². The van der Waals surface area contributed by atoms with E-state index in [1.54, 1.807) is 4.90 Å². The zero-order valence-corrected chi connectivity index (χ0v) is 22.5. The zero-order valence-electron chi connectivity index (χ0n) is 22.5. The molecule has 3 amide bonds. The van der Waals surface area contributed by atoms with Crippen molar-refractivity contribution in [2.75, 3.05) is 22.9 Å². The highest BCUT2D eigenvalue weighted by atomic mass is 19.4. The lowest BCUT2D eigenvalue weighted by molar-refractivity contribution is -0.141. The van der Waals surface area contributed by atoms with Gasteiger partial charge in [0.15, 0.2) is 5.65 Å². The van der Waals surface area contributed by atoms with E-state index in [0.717, 1.165) is 34.0 Å². The highest BCUT2D eigenvalue weighted by Gasteiger charge is 2.58. The predicted octanol–water partition coefficient (Wildman–Crippen LogP) is 4.79. The maximum atomic E-state index is 14.0. The molecule has 5 heterocycles. The first kappa shape index (κ1) is 29.3. The molecule has 2 aliphatic rings. The lowest BCUT2D eigenvalue weighted by Gasteiger charge is -2.42. The highest BCUT2D eigenvalue weighted by Crippen LogP contribution is 2.41. The molecule has 0 aliphatic carbocycles. The largest absolute Gasteiger partial charge is 0.433 e. The minimum absolute atomic E-state index is 0.00402. The van der Waals surface area contributed by atoms with E-state index in [4.69, 9.17) is 0 Å². The molecule has 0 atom stereocenters. The average Bonchev–Trinajstić information content (AvgIpc) is 3.44. The van der Waals surface area contributed by atoms with Gasteiger partial charge >= 0.3 is 12.2 Å². The summed E-state index contributed by atoms with van der Waals surface area (Å²) in [5.74, 6) is -2.23. The van der Waals surface area contributed by atoms with Crippen LogP contribution in [0.1, 0.15) is 24.1 Å². The van der Waals surface area contributed by atoms with Crippen molar-refractivity contribution in [3.05, 3.63) is 71.8 Å². The summed E-state index contributed by atoms with van der Waals surface area (Å²) in [5.41, 5.74) is -2.47. The molecule has 1 spiro atoms. The molecule has 44 heavy (non-hydrogen) atoms. The van der Waals surface area contributed by atoms with Crippen molar-refractivity contribution in [1.29, 1.82) is 0 Å². The van der Waals surface area contributed by atoms with Crippen LogP contribution in [0.3, 0.4) is 0 Å². The number of halogens is 7. The summed E-state index contributed by atoms with van der Waals surface area (Å²) in [7, 11) is 0. The molecule has 2 saturated heterocycles. The van der Waals surface area contributed by atoms with E-state index >= 15 is 0 Å². The Balaban J connectivity index is 1.32. The number of nitrogens with zero attached hydrogens (tertiary/aromatic N) is 8. The number of amides is 3. The average molecular weight is 623 g/mol. The van der Waals surface area contributed by atoms with Crippen molar-refractivity contribution in [2.24, 2.45) is 0 Å². The van der Waals surface area contributed by atoms with Gasteiger partial charge in [-0.15, -0.1) is 0 Å². The molecular formula is C27H21F7N8O2. The van der Waals surface area contributed by atoms with Crippen LogP contribution in [0.25, 0.3) is 11.2 Å². The Morgan fingerprint density at radius 2 is 1.64 bits per heavy atom. The fraction of sp³-hybridized carbons (Fsp3) is 0.333. The van der Waals surface area contributed by atoms with Crippen molar-refractivity contribution in [2.45, 2.75) is 44.1 Å². The smallest absolute Gasteiger partial charge is 0.355 e. The molecule has 230 valence electrons. The third-order valence-electron chi connectivity index (χ3n) is 7.66. The van der Waals surface area contributed by atoms with Gasteiger partial charge in [-0.3, -0.25) is 4.79 Å². The lowest BCUT2D eigenvalue weighted by atomic mass is 9.85. The Hall–Kier alpha value is -4.83. The SMILES string of the molecule is O=C1N(c2ccc(C(F)(F)F)nc2)C(=O)C2(CCN(c3cnc4cnn(CC(F)F)c4n3)CC2)N1Cc1cc(F)cc(F)c1. The van der Waals surface area contributed by atoms with Gasteiger partial charge in [0.25, 0.3) is 12.3 Å². The summed E-state index contributed by atoms with van der Waals surface area (Å²) >= 11 is 0. The standard InChI is InChI=1S/C27H21F7N8O2/c28-16-7-15(8-17(29)9-16)13-40-25(44)42(18-1-2-20(36-10-18)27(32,33)34)24(43)26(40)3-5-39(6-4-26)22-12-35-19-11-37-41(14-21(30)31)23(19)38-22/h1-2,7-12,21H,3-6,13-14H2. The highest BCUT2D eigenvalue weighted by molar-refractivity contribution is 6.23. The van der Waals surface area contributed by atoms with Crippen molar-refractivity contribution in [1.82, 2.24) is 29.6 Å². The molecule has 0 bridgehead atoms. The van der Waals surface area contributed by atoms with E-state index in [9.17, 15) is 40.3 Å². The third kappa shape index (κ3) is 5.15. The van der Waals surface area contributed by atoms with Gasteiger partial charge in [0.05, 0.1) is 24.3 Å². The molecule has 0 unspecified atom stereocenters. The van der Waals surface area contributed by atoms with Gasteiger partial charge in [0.1, 0.15) is 40.7 Å². The zero-order chi connectivity index (χ0) is 31.4. The molecule has 1 aromatic carbocycles. The van der Waals surface area contributed by atoms with Crippen LogP contribution in [0.2, 0.25) is 0 Å². The molecule has 2 fully saturated rings. The Morgan fingerprint density at radius 1 is 0.932 bits per heavy atom. The summed E-state index contributed by atoms with van der Waals surface area (Å²) in [6.45, 7) is -0.821. The molecule has 3 aromatic heterocycles. The van der Waals surface area contributed by atoms with Crippen LogP contribution < -0.4 is 9.80 Å². The van der Waals surface area contributed by atoms with Gasteiger partial charge in [0.2, 0.25) is 0 Å². The number of imide groups is 1. The molecular weight excluding hydrogens is 601 g/mol. The second-order valence-corrected chi connectivity index (χ2v) is 10.4. The number of benzene rings is 1. The van der Waals surface area contributed by atoms with Gasteiger partial charge in [0, 0.05) is 25.7 Å². The number of hydrogen-bond donors (Lipinski definition) is 0. The predicted molar refractivity (Wildman–Crippen MR) is 140 cm³/mol. The number of aromatic nitrogens is 5. The van der Waals surface area contributed by atoms with Crippen LogP contribution in [-0.4, -0.2) is 66.6 Å². The maximum Gasteiger partial charge on any atom is 0.433 e. The quantitative estimate of drug-likeness (QED) is 0.225. The van der Waals surface area contributed by atoms with Crippen LogP contribution in [0.4, 0.5) is 47.0 Å². The van der Waals surface area contributed by atoms with Crippen LogP contribution >= 0.6 is 0 Å².